The maximum Gasteiger partial charge on any atom is 0.232 e. The molecule has 1 fully saturated rings. The van der Waals surface area contributed by atoms with Gasteiger partial charge in [0, 0.05) is 49.9 Å². The molecule has 1 amide bonds. The van der Waals surface area contributed by atoms with Gasteiger partial charge in [0.25, 0.3) is 0 Å². The fraction of sp³-hybridized carbons (Fsp3) is 0.435. The normalized spacial score (nSPS) is 14.6. The Morgan fingerprint density at radius 1 is 1.06 bits per heavy atom. The van der Waals surface area contributed by atoms with E-state index in [-0.39, 0.29) is 12.5 Å². The van der Waals surface area contributed by atoms with E-state index >= 15 is 0 Å². The molecule has 2 aromatic carbocycles. The summed E-state index contributed by atoms with van der Waals surface area (Å²) in [6.07, 6.45) is 2.01. The number of carbonyl (C=O) groups is 1. The number of benzene rings is 2. The van der Waals surface area contributed by atoms with Gasteiger partial charge in [0.2, 0.25) is 15.9 Å². The minimum Gasteiger partial charge on any atom is -0.368 e. The number of amides is 1. The average molecular weight is 464 g/mol. The van der Waals surface area contributed by atoms with Gasteiger partial charge >= 0.3 is 0 Å². The number of hydrogen-bond acceptors (Lipinski definition) is 4. The minimum absolute atomic E-state index is 0.0696. The van der Waals surface area contributed by atoms with E-state index in [4.69, 9.17) is 11.6 Å². The maximum absolute atomic E-state index is 12.7. The predicted octanol–water partition coefficient (Wildman–Crippen LogP) is 3.85. The fourth-order valence-corrected chi connectivity index (χ4v) is 5.05. The third kappa shape index (κ3) is 6.14. The van der Waals surface area contributed by atoms with Crippen LogP contribution in [0.25, 0.3) is 0 Å². The molecule has 0 bridgehead atoms. The molecule has 8 heteroatoms. The molecule has 6 nitrogen and oxygen atoms in total. The molecule has 31 heavy (non-hydrogen) atoms. The molecule has 0 radical (unpaired) electrons. The van der Waals surface area contributed by atoms with Crippen LogP contribution in [0, 0.1) is 13.8 Å². The molecule has 168 valence electrons. The van der Waals surface area contributed by atoms with Crippen LogP contribution in [-0.2, 0) is 14.8 Å². The average Bonchev–Trinajstić information content (AvgIpc) is 2.72. The Morgan fingerprint density at radius 2 is 1.77 bits per heavy atom. The van der Waals surface area contributed by atoms with E-state index in [1.165, 1.54) is 16.1 Å². The summed E-state index contributed by atoms with van der Waals surface area (Å²) in [5.41, 5.74) is 3.92. The lowest BCUT2D eigenvalue weighted by molar-refractivity contribution is -0.131. The second-order valence-electron chi connectivity index (χ2n) is 8.08. The van der Waals surface area contributed by atoms with Gasteiger partial charge < -0.3 is 9.80 Å². The highest BCUT2D eigenvalue weighted by Gasteiger charge is 2.23. The van der Waals surface area contributed by atoms with Gasteiger partial charge in [-0.05, 0) is 55.7 Å². The van der Waals surface area contributed by atoms with Gasteiger partial charge in [-0.1, -0.05) is 29.8 Å². The summed E-state index contributed by atoms with van der Waals surface area (Å²) >= 11 is 6.14. The van der Waals surface area contributed by atoms with Crippen molar-refractivity contribution < 1.29 is 13.2 Å². The first-order valence-corrected chi connectivity index (χ1v) is 12.7. The Hall–Kier alpha value is -2.25. The van der Waals surface area contributed by atoms with Crippen molar-refractivity contribution in [1.29, 1.82) is 0 Å². The van der Waals surface area contributed by atoms with E-state index in [0.29, 0.717) is 36.6 Å². The summed E-state index contributed by atoms with van der Waals surface area (Å²) < 4.78 is 25.9. The highest BCUT2D eigenvalue weighted by Crippen LogP contribution is 2.25. The number of rotatable bonds is 7. The summed E-state index contributed by atoms with van der Waals surface area (Å²) in [4.78, 5) is 16.8. The molecule has 1 saturated heterocycles. The van der Waals surface area contributed by atoms with Gasteiger partial charge in [-0.25, -0.2) is 8.42 Å². The monoisotopic (exact) mass is 463 g/mol. The van der Waals surface area contributed by atoms with Crippen LogP contribution in [0.3, 0.4) is 0 Å². The topological polar surface area (TPSA) is 60.9 Å². The van der Waals surface area contributed by atoms with Crippen LogP contribution in [0.1, 0.15) is 24.0 Å². The fourth-order valence-electron chi connectivity index (χ4n) is 3.92. The van der Waals surface area contributed by atoms with Gasteiger partial charge in [-0.2, -0.15) is 0 Å². The van der Waals surface area contributed by atoms with Crippen LogP contribution in [0.15, 0.2) is 42.5 Å². The van der Waals surface area contributed by atoms with Crippen LogP contribution >= 0.6 is 11.6 Å². The van der Waals surface area contributed by atoms with Crippen molar-refractivity contribution in [2.75, 3.05) is 48.2 Å². The van der Waals surface area contributed by atoms with Crippen LogP contribution in [0.4, 0.5) is 11.4 Å². The number of aryl methyl sites for hydroxylation is 2. The van der Waals surface area contributed by atoms with Gasteiger partial charge in [0.05, 0.1) is 11.9 Å². The Morgan fingerprint density at radius 3 is 2.42 bits per heavy atom. The highest BCUT2D eigenvalue weighted by atomic mass is 35.5. The molecular formula is C23H30ClN3O3S. The Labute approximate surface area is 190 Å². The van der Waals surface area contributed by atoms with Crippen molar-refractivity contribution in [3.8, 4) is 0 Å². The zero-order valence-electron chi connectivity index (χ0n) is 18.3. The molecule has 3 rings (SSSR count). The Kier molecular flexibility index (Phi) is 7.49. The summed E-state index contributed by atoms with van der Waals surface area (Å²) in [5.74, 6) is 0.0696. The second kappa shape index (κ2) is 9.92. The molecule has 2 aromatic rings. The molecule has 0 atom stereocenters. The standard InChI is InChI=1S/C23H30ClN3O3S/c1-18-6-4-7-21(16-18)27(31(3,29)30)11-5-8-23(28)26-14-12-25(13-15-26)22-17-20(24)10-9-19(22)2/h4,6-7,9-10,16-17H,5,8,11-15H2,1-3H3. The van der Waals surface area contributed by atoms with Crippen molar-refractivity contribution >= 4 is 38.9 Å². The molecule has 1 heterocycles. The third-order valence-electron chi connectivity index (χ3n) is 5.59. The van der Waals surface area contributed by atoms with Gasteiger partial charge in [-0.15, -0.1) is 0 Å². The SMILES string of the molecule is Cc1cccc(N(CCCC(=O)N2CCN(c3cc(Cl)ccc3C)CC2)S(C)(=O)=O)c1. The third-order valence-corrected chi connectivity index (χ3v) is 7.02. The van der Waals surface area contributed by atoms with E-state index in [9.17, 15) is 13.2 Å². The largest absolute Gasteiger partial charge is 0.368 e. The van der Waals surface area contributed by atoms with E-state index in [0.717, 1.165) is 24.3 Å². The Balaban J connectivity index is 1.53. The summed E-state index contributed by atoms with van der Waals surface area (Å²) in [5, 5.41) is 0.711. The van der Waals surface area contributed by atoms with Gasteiger partial charge in [0.15, 0.2) is 0 Å². The lowest BCUT2D eigenvalue weighted by atomic mass is 10.1. The highest BCUT2D eigenvalue weighted by molar-refractivity contribution is 7.92. The van der Waals surface area contributed by atoms with Crippen molar-refractivity contribution in [2.45, 2.75) is 26.7 Å². The zero-order valence-corrected chi connectivity index (χ0v) is 19.9. The number of piperazine rings is 1. The molecule has 0 aromatic heterocycles. The minimum atomic E-state index is -3.41. The molecule has 1 aliphatic heterocycles. The van der Waals surface area contributed by atoms with Crippen molar-refractivity contribution in [3.63, 3.8) is 0 Å². The van der Waals surface area contributed by atoms with Crippen LogP contribution in [0.5, 0.6) is 0 Å². The van der Waals surface area contributed by atoms with Gasteiger partial charge in [0.1, 0.15) is 0 Å². The number of anilines is 2. The van der Waals surface area contributed by atoms with E-state index in [1.807, 2.05) is 48.2 Å². The molecule has 0 spiro atoms. The first-order valence-electron chi connectivity index (χ1n) is 10.5. The van der Waals surface area contributed by atoms with Gasteiger partial charge in [-0.3, -0.25) is 9.10 Å². The van der Waals surface area contributed by atoms with E-state index in [2.05, 4.69) is 11.8 Å². The number of halogens is 1. The molecule has 0 N–H and O–H groups in total. The maximum atomic E-state index is 12.7. The molecule has 1 aliphatic rings. The van der Waals surface area contributed by atoms with Crippen molar-refractivity contribution in [3.05, 3.63) is 58.6 Å². The molecule has 0 saturated carbocycles. The molecular weight excluding hydrogens is 434 g/mol. The number of sulfonamides is 1. The lowest BCUT2D eigenvalue weighted by Gasteiger charge is -2.37. The predicted molar refractivity (Wildman–Crippen MR) is 128 cm³/mol. The van der Waals surface area contributed by atoms with E-state index < -0.39 is 10.0 Å². The Bertz CT molecular complexity index is 1030. The van der Waals surface area contributed by atoms with E-state index in [1.54, 1.807) is 6.07 Å². The van der Waals surface area contributed by atoms with Crippen LogP contribution in [-0.4, -0.2) is 58.2 Å². The lowest BCUT2D eigenvalue weighted by Crippen LogP contribution is -2.49. The molecule has 0 aliphatic carbocycles. The van der Waals surface area contributed by atoms with Crippen molar-refractivity contribution in [2.24, 2.45) is 0 Å². The number of nitrogens with zero attached hydrogens (tertiary/aromatic N) is 3. The summed E-state index contributed by atoms with van der Waals surface area (Å²) in [7, 11) is -3.41. The number of carbonyl (C=O) groups excluding carboxylic acids is 1. The first kappa shape index (κ1) is 23.4. The van der Waals surface area contributed by atoms with Crippen molar-refractivity contribution in [1.82, 2.24) is 4.90 Å². The first-order chi connectivity index (χ1) is 14.6. The zero-order chi connectivity index (χ0) is 22.6. The quantitative estimate of drug-likeness (QED) is 0.625. The van der Waals surface area contributed by atoms with Crippen LogP contribution < -0.4 is 9.21 Å². The summed E-state index contributed by atoms with van der Waals surface area (Å²) in [6.45, 7) is 7.09. The van der Waals surface area contributed by atoms with Crippen LogP contribution in [0.2, 0.25) is 5.02 Å². The number of hydrogen-bond donors (Lipinski definition) is 0. The summed E-state index contributed by atoms with van der Waals surface area (Å²) in [6, 6.07) is 13.3. The smallest absolute Gasteiger partial charge is 0.232 e. The molecule has 0 unspecified atom stereocenters. The second-order valence-corrected chi connectivity index (χ2v) is 10.4.